The Balaban J connectivity index is 1.73. The van der Waals surface area contributed by atoms with E-state index < -0.39 is 5.60 Å². The zero-order valence-corrected chi connectivity index (χ0v) is 11.3. The largest absolute Gasteiger partial charge is 0.379 e. The van der Waals surface area contributed by atoms with Crippen LogP contribution in [0.15, 0.2) is 40.9 Å². The summed E-state index contributed by atoms with van der Waals surface area (Å²) in [5, 5.41) is 18.5. The number of para-hydroxylation sites is 1. The fraction of sp³-hybridized carbons (Fsp3) is 0.267. The van der Waals surface area contributed by atoms with Crippen molar-refractivity contribution in [1.29, 1.82) is 0 Å². The van der Waals surface area contributed by atoms with Crippen LogP contribution in [0.4, 0.5) is 0 Å². The van der Waals surface area contributed by atoms with Gasteiger partial charge in [0.25, 0.3) is 5.89 Å². The van der Waals surface area contributed by atoms with Crippen molar-refractivity contribution in [2.24, 2.45) is 0 Å². The highest BCUT2D eigenvalue weighted by Gasteiger charge is 2.38. The molecule has 4 rings (SSSR count). The topological polar surface area (TPSA) is 84.1 Å². The lowest BCUT2D eigenvalue weighted by Gasteiger charge is -2.14. The molecule has 1 aromatic carbocycles. The number of rotatable bonds is 2. The predicted molar refractivity (Wildman–Crippen MR) is 76.4 cm³/mol. The molecular formula is C15H14N4O2. The molecule has 0 bridgehead atoms. The highest BCUT2D eigenvalue weighted by Crippen LogP contribution is 2.28. The van der Waals surface area contributed by atoms with Gasteiger partial charge in [0.15, 0.2) is 5.60 Å². The summed E-state index contributed by atoms with van der Waals surface area (Å²) in [5.41, 5.74) is 0.447. The van der Waals surface area contributed by atoms with E-state index >= 15 is 0 Å². The summed E-state index contributed by atoms with van der Waals surface area (Å²) in [4.78, 5) is 8.84. The van der Waals surface area contributed by atoms with Crippen LogP contribution in [0.1, 0.15) is 12.3 Å². The van der Waals surface area contributed by atoms with E-state index in [1.165, 1.54) is 0 Å². The van der Waals surface area contributed by atoms with Crippen molar-refractivity contribution in [1.82, 2.24) is 20.4 Å². The van der Waals surface area contributed by atoms with Gasteiger partial charge in [0, 0.05) is 11.9 Å². The van der Waals surface area contributed by atoms with E-state index in [0.717, 1.165) is 17.4 Å². The molecule has 0 spiro atoms. The molecule has 0 amide bonds. The number of hydrogen-bond acceptors (Lipinski definition) is 6. The summed E-state index contributed by atoms with van der Waals surface area (Å²) < 4.78 is 5.23. The van der Waals surface area contributed by atoms with Gasteiger partial charge in [0.1, 0.15) is 5.69 Å². The minimum absolute atomic E-state index is 0.248. The zero-order chi connectivity index (χ0) is 14.3. The normalized spacial score (nSPS) is 22.0. The summed E-state index contributed by atoms with van der Waals surface area (Å²) in [6, 6.07) is 11.7. The van der Waals surface area contributed by atoms with Crippen LogP contribution in [0.3, 0.4) is 0 Å². The van der Waals surface area contributed by atoms with Gasteiger partial charge in [0.2, 0.25) is 5.82 Å². The zero-order valence-electron chi connectivity index (χ0n) is 11.3. The van der Waals surface area contributed by atoms with E-state index in [1.807, 2.05) is 36.4 Å². The predicted octanol–water partition coefficient (Wildman–Crippen LogP) is 1.47. The second kappa shape index (κ2) is 4.61. The van der Waals surface area contributed by atoms with E-state index in [0.29, 0.717) is 24.5 Å². The maximum atomic E-state index is 10.4. The maximum absolute atomic E-state index is 10.4. The third-order valence-corrected chi connectivity index (χ3v) is 3.78. The number of aliphatic hydroxyl groups is 1. The molecule has 1 unspecified atom stereocenters. The SMILES string of the molecule is OC1(c2nc(-c3ccc4ccccc4n3)no2)CCNC1. The van der Waals surface area contributed by atoms with Crippen LogP contribution in [0, 0.1) is 0 Å². The molecule has 0 saturated carbocycles. The molecule has 3 aromatic rings. The number of fused-ring (bicyclic) bond motifs is 1. The molecule has 0 radical (unpaired) electrons. The number of pyridine rings is 1. The van der Waals surface area contributed by atoms with Crippen molar-refractivity contribution in [2.75, 3.05) is 13.1 Å². The molecule has 106 valence electrons. The fourth-order valence-electron chi connectivity index (χ4n) is 2.57. The number of aromatic nitrogens is 3. The summed E-state index contributed by atoms with van der Waals surface area (Å²) in [6.07, 6.45) is 0.569. The molecule has 1 aliphatic rings. The second-order valence-corrected chi connectivity index (χ2v) is 5.27. The van der Waals surface area contributed by atoms with Crippen molar-refractivity contribution in [2.45, 2.75) is 12.0 Å². The first-order valence-electron chi connectivity index (χ1n) is 6.88. The molecule has 1 atom stereocenters. The van der Waals surface area contributed by atoms with Gasteiger partial charge in [-0.1, -0.05) is 29.4 Å². The van der Waals surface area contributed by atoms with E-state index in [1.54, 1.807) is 0 Å². The van der Waals surface area contributed by atoms with Gasteiger partial charge in [-0.2, -0.15) is 4.98 Å². The average Bonchev–Trinajstić information content (AvgIpc) is 3.17. The molecular weight excluding hydrogens is 268 g/mol. The Morgan fingerprint density at radius 1 is 1.14 bits per heavy atom. The number of benzene rings is 1. The van der Waals surface area contributed by atoms with Crippen molar-refractivity contribution >= 4 is 10.9 Å². The van der Waals surface area contributed by atoms with Crippen LogP contribution in [0.5, 0.6) is 0 Å². The first kappa shape index (κ1) is 12.4. The molecule has 3 heterocycles. The Bertz CT molecular complexity index is 793. The van der Waals surface area contributed by atoms with Gasteiger partial charge >= 0.3 is 0 Å². The Morgan fingerprint density at radius 3 is 2.90 bits per heavy atom. The monoisotopic (exact) mass is 282 g/mol. The first-order chi connectivity index (χ1) is 10.2. The number of nitrogens with zero attached hydrogens (tertiary/aromatic N) is 3. The molecule has 6 nitrogen and oxygen atoms in total. The van der Waals surface area contributed by atoms with E-state index in [-0.39, 0.29) is 5.89 Å². The Labute approximate surface area is 120 Å². The third kappa shape index (κ3) is 2.09. The number of β-amino-alcohol motifs (C(OH)–C–C–N with tert-alkyl or cyclic N) is 1. The average molecular weight is 282 g/mol. The smallest absolute Gasteiger partial charge is 0.260 e. The van der Waals surface area contributed by atoms with E-state index in [4.69, 9.17) is 4.52 Å². The van der Waals surface area contributed by atoms with E-state index in [9.17, 15) is 5.11 Å². The molecule has 21 heavy (non-hydrogen) atoms. The van der Waals surface area contributed by atoms with Gasteiger partial charge in [-0.3, -0.25) is 0 Å². The lowest BCUT2D eigenvalue weighted by atomic mass is 10.0. The van der Waals surface area contributed by atoms with Gasteiger partial charge < -0.3 is 14.9 Å². The fourth-order valence-corrected chi connectivity index (χ4v) is 2.57. The quantitative estimate of drug-likeness (QED) is 0.740. The lowest BCUT2D eigenvalue weighted by Crippen LogP contribution is -2.28. The molecule has 1 fully saturated rings. The van der Waals surface area contributed by atoms with Gasteiger partial charge in [-0.25, -0.2) is 4.98 Å². The van der Waals surface area contributed by atoms with Gasteiger partial charge in [-0.15, -0.1) is 0 Å². The van der Waals surface area contributed by atoms with Crippen LogP contribution in [0.25, 0.3) is 22.4 Å². The van der Waals surface area contributed by atoms with Crippen LogP contribution in [0.2, 0.25) is 0 Å². The van der Waals surface area contributed by atoms with Crippen LogP contribution >= 0.6 is 0 Å². The second-order valence-electron chi connectivity index (χ2n) is 5.27. The Kier molecular flexibility index (Phi) is 2.73. The Morgan fingerprint density at radius 2 is 2.05 bits per heavy atom. The minimum atomic E-state index is -1.07. The standard InChI is InChI=1S/C15H14N4O2/c20-15(7-8-16-9-15)14-18-13(19-21-14)12-6-5-10-3-1-2-4-11(10)17-12/h1-6,16,20H,7-9H2. The van der Waals surface area contributed by atoms with Crippen molar-refractivity contribution in [3.8, 4) is 11.5 Å². The molecule has 2 N–H and O–H groups in total. The maximum Gasteiger partial charge on any atom is 0.260 e. The Hall–Kier alpha value is -2.31. The summed E-state index contributed by atoms with van der Waals surface area (Å²) >= 11 is 0. The molecule has 1 saturated heterocycles. The summed E-state index contributed by atoms with van der Waals surface area (Å²) in [6.45, 7) is 1.17. The highest BCUT2D eigenvalue weighted by molar-refractivity contribution is 5.80. The van der Waals surface area contributed by atoms with Crippen molar-refractivity contribution < 1.29 is 9.63 Å². The number of nitrogens with one attached hydrogen (secondary N) is 1. The minimum Gasteiger partial charge on any atom is -0.379 e. The lowest BCUT2D eigenvalue weighted by molar-refractivity contribution is 0.0243. The van der Waals surface area contributed by atoms with Crippen molar-refractivity contribution in [3.05, 3.63) is 42.3 Å². The number of hydrogen-bond donors (Lipinski definition) is 2. The van der Waals surface area contributed by atoms with Crippen LogP contribution in [-0.4, -0.2) is 33.3 Å². The summed E-state index contributed by atoms with van der Waals surface area (Å²) in [5.74, 6) is 0.647. The molecule has 0 aliphatic carbocycles. The highest BCUT2D eigenvalue weighted by atomic mass is 16.5. The van der Waals surface area contributed by atoms with Crippen molar-refractivity contribution in [3.63, 3.8) is 0 Å². The first-order valence-corrected chi connectivity index (χ1v) is 6.88. The molecule has 6 heteroatoms. The van der Waals surface area contributed by atoms with Gasteiger partial charge in [0.05, 0.1) is 5.52 Å². The van der Waals surface area contributed by atoms with Crippen LogP contribution in [-0.2, 0) is 5.60 Å². The molecule has 2 aromatic heterocycles. The van der Waals surface area contributed by atoms with Crippen LogP contribution < -0.4 is 5.32 Å². The molecule has 1 aliphatic heterocycles. The third-order valence-electron chi connectivity index (χ3n) is 3.78. The summed E-state index contributed by atoms with van der Waals surface area (Å²) in [7, 11) is 0. The van der Waals surface area contributed by atoms with E-state index in [2.05, 4.69) is 20.4 Å². The van der Waals surface area contributed by atoms with Gasteiger partial charge in [-0.05, 0) is 25.1 Å².